The van der Waals surface area contributed by atoms with Crippen LogP contribution in [0.25, 0.3) is 21.8 Å². The van der Waals surface area contributed by atoms with E-state index in [1.807, 2.05) is 12.1 Å². The van der Waals surface area contributed by atoms with E-state index in [9.17, 15) is 5.11 Å². The quantitative estimate of drug-likeness (QED) is 0.373. The molecule has 5 rings (SSSR count). The molecule has 3 heteroatoms. The van der Waals surface area contributed by atoms with Gasteiger partial charge < -0.3 is 15.0 Å². The number of hydrogen-bond donors (Lipinski definition) is 2. The van der Waals surface area contributed by atoms with Crippen LogP contribution in [0, 0.1) is 0 Å². The lowest BCUT2D eigenvalue weighted by Crippen LogP contribution is -2.33. The molecule has 3 nitrogen and oxygen atoms in total. The number of aliphatic hydroxyl groups excluding tert-OH is 1. The molecule has 0 spiro atoms. The minimum absolute atomic E-state index is 0.0372. The van der Waals surface area contributed by atoms with Gasteiger partial charge in [0, 0.05) is 28.4 Å². The van der Waals surface area contributed by atoms with E-state index in [2.05, 4.69) is 107 Å². The van der Waals surface area contributed by atoms with Crippen LogP contribution in [0.2, 0.25) is 0 Å². The number of rotatable bonds is 7. The van der Waals surface area contributed by atoms with Gasteiger partial charge in [0.25, 0.3) is 0 Å². The highest BCUT2D eigenvalue weighted by atomic mass is 16.3. The molecule has 4 aromatic carbocycles. The Labute approximate surface area is 182 Å². The van der Waals surface area contributed by atoms with Crippen molar-refractivity contribution in [3.63, 3.8) is 0 Å². The van der Waals surface area contributed by atoms with Crippen LogP contribution in [0.3, 0.4) is 0 Å². The van der Waals surface area contributed by atoms with Gasteiger partial charge in [0.15, 0.2) is 0 Å². The molecule has 0 unspecified atom stereocenters. The molecule has 0 aliphatic carbocycles. The van der Waals surface area contributed by atoms with Crippen LogP contribution in [0.5, 0.6) is 0 Å². The lowest BCUT2D eigenvalue weighted by Gasteiger charge is -2.22. The maximum Gasteiger partial charge on any atom is 0.0843 e. The average molecular weight is 407 g/mol. The molecule has 1 aromatic heterocycles. The van der Waals surface area contributed by atoms with Crippen molar-refractivity contribution in [3.8, 4) is 0 Å². The zero-order chi connectivity index (χ0) is 21.0. The Kier molecular flexibility index (Phi) is 5.53. The normalized spacial score (nSPS) is 12.6. The number of aromatic nitrogens is 1. The number of nitrogens with one attached hydrogen (secondary N) is 1. The predicted octanol–water partition coefficient (Wildman–Crippen LogP) is 5.53. The van der Waals surface area contributed by atoms with E-state index in [4.69, 9.17) is 0 Å². The van der Waals surface area contributed by atoms with Crippen LogP contribution in [-0.2, 0) is 6.54 Å². The van der Waals surface area contributed by atoms with Crippen molar-refractivity contribution in [2.75, 3.05) is 6.54 Å². The number of benzene rings is 4. The van der Waals surface area contributed by atoms with Crippen molar-refractivity contribution >= 4 is 21.8 Å². The van der Waals surface area contributed by atoms with Crippen molar-refractivity contribution in [2.24, 2.45) is 0 Å². The molecule has 5 aromatic rings. The van der Waals surface area contributed by atoms with Crippen LogP contribution in [-0.4, -0.2) is 22.3 Å². The fourth-order valence-corrected chi connectivity index (χ4v) is 4.45. The predicted molar refractivity (Wildman–Crippen MR) is 128 cm³/mol. The standard InChI is InChI=1S/C28H26N2O/c31-23(19-29-28(21-11-3-1-4-12-21)22-13-5-2-6-14-22)20-30-26-17-9-7-15-24(26)25-16-8-10-18-27(25)30/h1-18,23,28-29,31H,19-20H2/t23-/m1/s1. The fraction of sp³-hybridized carbons (Fsp3) is 0.143. The number of fused-ring (bicyclic) bond motifs is 3. The van der Waals surface area contributed by atoms with Gasteiger partial charge in [0.1, 0.15) is 0 Å². The van der Waals surface area contributed by atoms with Crippen molar-refractivity contribution < 1.29 is 5.11 Å². The highest BCUT2D eigenvalue weighted by Crippen LogP contribution is 2.29. The lowest BCUT2D eigenvalue weighted by atomic mass is 9.98. The molecule has 31 heavy (non-hydrogen) atoms. The maximum absolute atomic E-state index is 11.0. The second kappa shape index (κ2) is 8.76. The third-order valence-corrected chi connectivity index (χ3v) is 5.90. The molecule has 1 heterocycles. The summed E-state index contributed by atoms with van der Waals surface area (Å²) in [5.74, 6) is 0. The molecule has 0 fully saturated rings. The van der Waals surface area contributed by atoms with E-state index in [1.54, 1.807) is 0 Å². The molecule has 0 bridgehead atoms. The zero-order valence-corrected chi connectivity index (χ0v) is 17.4. The largest absolute Gasteiger partial charge is 0.390 e. The van der Waals surface area contributed by atoms with Gasteiger partial charge in [-0.15, -0.1) is 0 Å². The molecule has 1 atom stereocenters. The van der Waals surface area contributed by atoms with E-state index in [1.165, 1.54) is 21.9 Å². The van der Waals surface area contributed by atoms with Crippen LogP contribution >= 0.6 is 0 Å². The number of hydrogen-bond acceptors (Lipinski definition) is 2. The Balaban J connectivity index is 1.39. The van der Waals surface area contributed by atoms with Gasteiger partial charge in [-0.2, -0.15) is 0 Å². The average Bonchev–Trinajstić information content (AvgIpc) is 3.14. The van der Waals surface area contributed by atoms with Gasteiger partial charge in [0.05, 0.1) is 18.7 Å². The summed E-state index contributed by atoms with van der Waals surface area (Å²) in [6.45, 7) is 1.03. The van der Waals surface area contributed by atoms with Gasteiger partial charge >= 0.3 is 0 Å². The SMILES string of the molecule is O[C@H](CNC(c1ccccc1)c1ccccc1)Cn1c2ccccc2c2ccccc21. The van der Waals surface area contributed by atoms with Crippen LogP contribution < -0.4 is 5.32 Å². The van der Waals surface area contributed by atoms with Crippen LogP contribution in [0.15, 0.2) is 109 Å². The monoisotopic (exact) mass is 406 g/mol. The van der Waals surface area contributed by atoms with Gasteiger partial charge in [-0.05, 0) is 23.3 Å². The van der Waals surface area contributed by atoms with E-state index in [-0.39, 0.29) is 6.04 Å². The third-order valence-electron chi connectivity index (χ3n) is 5.90. The summed E-state index contributed by atoms with van der Waals surface area (Å²) >= 11 is 0. The Bertz CT molecular complexity index is 1190. The van der Waals surface area contributed by atoms with Crippen molar-refractivity contribution in [1.82, 2.24) is 9.88 Å². The van der Waals surface area contributed by atoms with E-state index >= 15 is 0 Å². The molecular weight excluding hydrogens is 380 g/mol. The van der Waals surface area contributed by atoms with Gasteiger partial charge in [-0.1, -0.05) is 97.1 Å². The first-order valence-electron chi connectivity index (χ1n) is 10.8. The molecule has 0 saturated heterocycles. The van der Waals surface area contributed by atoms with Crippen LogP contribution in [0.4, 0.5) is 0 Å². The van der Waals surface area contributed by atoms with E-state index < -0.39 is 6.10 Å². The summed E-state index contributed by atoms with van der Waals surface area (Å²) in [5.41, 5.74) is 4.70. The molecule has 0 radical (unpaired) electrons. The fourth-order valence-electron chi connectivity index (χ4n) is 4.45. The second-order valence-electron chi connectivity index (χ2n) is 7.96. The maximum atomic E-state index is 11.0. The van der Waals surface area contributed by atoms with Crippen LogP contribution in [0.1, 0.15) is 17.2 Å². The number of para-hydroxylation sites is 2. The molecular formula is C28H26N2O. The molecule has 0 aliphatic rings. The highest BCUT2D eigenvalue weighted by molar-refractivity contribution is 6.07. The van der Waals surface area contributed by atoms with Crippen molar-refractivity contribution in [2.45, 2.75) is 18.7 Å². The number of nitrogens with zero attached hydrogens (tertiary/aromatic N) is 1. The highest BCUT2D eigenvalue weighted by Gasteiger charge is 2.17. The first-order chi connectivity index (χ1) is 15.3. The summed E-state index contributed by atoms with van der Waals surface area (Å²) < 4.78 is 2.23. The van der Waals surface area contributed by atoms with Gasteiger partial charge in [0.2, 0.25) is 0 Å². The summed E-state index contributed by atoms with van der Waals surface area (Å²) in [5, 5.41) is 17.0. The van der Waals surface area contributed by atoms with E-state index in [0.29, 0.717) is 13.1 Å². The Morgan fingerprint density at radius 3 is 1.58 bits per heavy atom. The number of aliphatic hydroxyl groups is 1. The Morgan fingerprint density at radius 2 is 1.06 bits per heavy atom. The first-order valence-corrected chi connectivity index (χ1v) is 10.8. The Hall–Kier alpha value is -3.40. The van der Waals surface area contributed by atoms with Crippen molar-refractivity contribution in [1.29, 1.82) is 0 Å². The van der Waals surface area contributed by atoms with Crippen molar-refractivity contribution in [3.05, 3.63) is 120 Å². The second-order valence-corrected chi connectivity index (χ2v) is 7.96. The molecule has 154 valence electrons. The summed E-state index contributed by atoms with van der Waals surface area (Å²) in [7, 11) is 0. The Morgan fingerprint density at radius 1 is 0.613 bits per heavy atom. The molecule has 2 N–H and O–H groups in total. The first kappa shape index (κ1) is 19.6. The molecule has 0 aliphatic heterocycles. The minimum Gasteiger partial charge on any atom is -0.390 e. The van der Waals surface area contributed by atoms with Gasteiger partial charge in [-0.3, -0.25) is 0 Å². The summed E-state index contributed by atoms with van der Waals surface area (Å²) in [6, 6.07) is 37.7. The minimum atomic E-state index is -0.519. The summed E-state index contributed by atoms with van der Waals surface area (Å²) in [6.07, 6.45) is -0.519. The molecule has 0 saturated carbocycles. The topological polar surface area (TPSA) is 37.2 Å². The lowest BCUT2D eigenvalue weighted by molar-refractivity contribution is 0.152. The van der Waals surface area contributed by atoms with Gasteiger partial charge in [-0.25, -0.2) is 0 Å². The smallest absolute Gasteiger partial charge is 0.0843 e. The summed E-state index contributed by atoms with van der Waals surface area (Å²) in [4.78, 5) is 0. The zero-order valence-electron chi connectivity index (χ0n) is 17.4. The van der Waals surface area contributed by atoms with E-state index in [0.717, 1.165) is 11.0 Å². The third kappa shape index (κ3) is 3.98. The molecule has 0 amide bonds.